The lowest BCUT2D eigenvalue weighted by Crippen LogP contribution is -2.23. The van der Waals surface area contributed by atoms with E-state index in [0.717, 1.165) is 12.8 Å². The molecule has 1 heterocycles. The number of aromatic nitrogens is 1. The first-order valence-electron chi connectivity index (χ1n) is 5.65. The van der Waals surface area contributed by atoms with Crippen molar-refractivity contribution in [2.45, 2.75) is 32.7 Å². The Morgan fingerprint density at radius 2 is 2.25 bits per heavy atom. The van der Waals surface area contributed by atoms with Crippen molar-refractivity contribution in [1.82, 2.24) is 4.98 Å². The smallest absolute Gasteiger partial charge is 0.214 e. The highest BCUT2D eigenvalue weighted by molar-refractivity contribution is 5.34. The predicted molar refractivity (Wildman–Crippen MR) is 62.8 cm³/mol. The summed E-state index contributed by atoms with van der Waals surface area (Å²) in [6, 6.07) is 4.92. The van der Waals surface area contributed by atoms with E-state index in [2.05, 4.69) is 17.2 Å². The molecule has 3 nitrogen and oxygen atoms in total. The molecule has 0 aliphatic heterocycles. The van der Waals surface area contributed by atoms with Crippen LogP contribution in [0.5, 0.6) is 0 Å². The van der Waals surface area contributed by atoms with E-state index in [1.807, 2.05) is 6.92 Å². The van der Waals surface area contributed by atoms with Crippen LogP contribution in [0.4, 0.5) is 10.2 Å². The number of aliphatic hydroxyl groups excluding tert-OH is 1. The van der Waals surface area contributed by atoms with Crippen molar-refractivity contribution >= 4 is 5.82 Å². The maximum atomic E-state index is 12.9. The summed E-state index contributed by atoms with van der Waals surface area (Å²) < 4.78 is 12.9. The van der Waals surface area contributed by atoms with Gasteiger partial charge in [0, 0.05) is 12.6 Å². The average molecular weight is 226 g/mol. The summed E-state index contributed by atoms with van der Waals surface area (Å²) in [5.41, 5.74) is 0. The molecular formula is C12H19FN2O. The maximum Gasteiger partial charge on any atom is 0.214 e. The van der Waals surface area contributed by atoms with Gasteiger partial charge in [0.1, 0.15) is 5.82 Å². The van der Waals surface area contributed by atoms with Gasteiger partial charge in [-0.05, 0) is 30.9 Å². The summed E-state index contributed by atoms with van der Waals surface area (Å²) in [7, 11) is 0. The zero-order valence-corrected chi connectivity index (χ0v) is 9.78. The summed E-state index contributed by atoms with van der Waals surface area (Å²) in [4.78, 5) is 3.75. The molecule has 0 amide bonds. The van der Waals surface area contributed by atoms with Crippen molar-refractivity contribution in [3.8, 4) is 0 Å². The lowest BCUT2D eigenvalue weighted by molar-refractivity contribution is 0.224. The molecule has 1 rings (SSSR count). The van der Waals surface area contributed by atoms with Gasteiger partial charge in [0.2, 0.25) is 5.95 Å². The average Bonchev–Trinajstić information content (AvgIpc) is 2.28. The Labute approximate surface area is 95.7 Å². The molecule has 0 aliphatic carbocycles. The molecule has 0 fully saturated rings. The van der Waals surface area contributed by atoms with E-state index in [4.69, 9.17) is 5.11 Å². The van der Waals surface area contributed by atoms with Crippen LogP contribution in [-0.4, -0.2) is 22.7 Å². The molecular weight excluding hydrogens is 207 g/mol. The molecule has 1 aromatic rings. The van der Waals surface area contributed by atoms with Crippen molar-refractivity contribution in [2.75, 3.05) is 11.9 Å². The number of halogens is 1. The first kappa shape index (κ1) is 12.9. The normalized spacial score (nSPS) is 14.5. The largest absolute Gasteiger partial charge is 0.396 e. The van der Waals surface area contributed by atoms with Gasteiger partial charge >= 0.3 is 0 Å². The van der Waals surface area contributed by atoms with Gasteiger partial charge in [-0.25, -0.2) is 4.98 Å². The van der Waals surface area contributed by atoms with E-state index in [0.29, 0.717) is 5.82 Å². The number of nitrogens with zero attached hydrogens (tertiary/aromatic N) is 1. The Morgan fingerprint density at radius 1 is 1.50 bits per heavy atom. The Morgan fingerprint density at radius 3 is 2.81 bits per heavy atom. The van der Waals surface area contributed by atoms with Gasteiger partial charge in [-0.1, -0.05) is 19.9 Å². The van der Waals surface area contributed by atoms with Crippen LogP contribution in [0.1, 0.15) is 26.7 Å². The van der Waals surface area contributed by atoms with Crippen LogP contribution in [0.25, 0.3) is 0 Å². The third kappa shape index (κ3) is 4.14. The van der Waals surface area contributed by atoms with E-state index in [1.54, 1.807) is 12.1 Å². The second-order valence-corrected chi connectivity index (χ2v) is 4.12. The molecule has 0 spiro atoms. The first-order valence-corrected chi connectivity index (χ1v) is 5.65. The van der Waals surface area contributed by atoms with E-state index < -0.39 is 5.95 Å². The van der Waals surface area contributed by atoms with E-state index in [1.165, 1.54) is 6.07 Å². The van der Waals surface area contributed by atoms with Crippen LogP contribution in [0.2, 0.25) is 0 Å². The minimum absolute atomic E-state index is 0.175. The summed E-state index contributed by atoms with van der Waals surface area (Å²) >= 11 is 0. The van der Waals surface area contributed by atoms with Gasteiger partial charge in [0.25, 0.3) is 0 Å². The standard InChI is InChI=1S/C12H19FN2O/c1-3-10(7-9(2)8-16)14-12-6-4-5-11(13)15-12/h4-6,9-10,16H,3,7-8H2,1-2H3,(H,14,15)/t9-,10+/m1/s1. The fourth-order valence-corrected chi connectivity index (χ4v) is 1.59. The fourth-order valence-electron chi connectivity index (χ4n) is 1.59. The van der Waals surface area contributed by atoms with Gasteiger partial charge < -0.3 is 10.4 Å². The summed E-state index contributed by atoms with van der Waals surface area (Å²) in [5, 5.41) is 12.2. The number of anilines is 1. The Bertz CT molecular complexity index is 320. The number of rotatable bonds is 6. The molecule has 2 atom stereocenters. The molecule has 0 radical (unpaired) electrons. The first-order chi connectivity index (χ1) is 7.65. The SMILES string of the molecule is CC[C@@H](C[C@@H](C)CO)Nc1cccc(F)n1. The van der Waals surface area contributed by atoms with Crippen molar-refractivity contribution in [1.29, 1.82) is 0 Å². The molecule has 4 heteroatoms. The maximum absolute atomic E-state index is 12.9. The molecule has 0 bridgehead atoms. The molecule has 0 aliphatic rings. The van der Waals surface area contributed by atoms with E-state index >= 15 is 0 Å². The highest BCUT2D eigenvalue weighted by Crippen LogP contribution is 2.13. The molecule has 90 valence electrons. The van der Waals surface area contributed by atoms with Crippen LogP contribution < -0.4 is 5.32 Å². The van der Waals surface area contributed by atoms with Crippen LogP contribution in [0.15, 0.2) is 18.2 Å². The molecule has 0 saturated heterocycles. The Hall–Kier alpha value is -1.16. The third-order valence-electron chi connectivity index (χ3n) is 2.56. The number of hydrogen-bond acceptors (Lipinski definition) is 3. The topological polar surface area (TPSA) is 45.1 Å². The minimum Gasteiger partial charge on any atom is -0.396 e. The van der Waals surface area contributed by atoms with Crippen molar-refractivity contribution in [2.24, 2.45) is 5.92 Å². The summed E-state index contributed by atoms with van der Waals surface area (Å²) in [6.07, 6.45) is 1.77. The number of pyridine rings is 1. The summed E-state index contributed by atoms with van der Waals surface area (Å²) in [5.74, 6) is 0.318. The molecule has 2 N–H and O–H groups in total. The lowest BCUT2D eigenvalue weighted by atomic mass is 10.0. The van der Waals surface area contributed by atoms with Crippen molar-refractivity contribution < 1.29 is 9.50 Å². The molecule has 0 saturated carbocycles. The molecule has 0 unspecified atom stereocenters. The Kier molecular flexibility index (Phi) is 5.19. The van der Waals surface area contributed by atoms with Gasteiger partial charge in [-0.2, -0.15) is 4.39 Å². The molecule has 0 aromatic carbocycles. The van der Waals surface area contributed by atoms with Crippen molar-refractivity contribution in [3.63, 3.8) is 0 Å². The number of hydrogen-bond donors (Lipinski definition) is 2. The van der Waals surface area contributed by atoms with Crippen LogP contribution in [0, 0.1) is 11.9 Å². The zero-order valence-electron chi connectivity index (χ0n) is 9.78. The second kappa shape index (κ2) is 6.43. The highest BCUT2D eigenvalue weighted by atomic mass is 19.1. The minimum atomic E-state index is -0.477. The molecule has 1 aromatic heterocycles. The van der Waals surface area contributed by atoms with Gasteiger partial charge in [0.05, 0.1) is 0 Å². The van der Waals surface area contributed by atoms with Gasteiger partial charge in [-0.15, -0.1) is 0 Å². The van der Waals surface area contributed by atoms with Gasteiger partial charge in [0.15, 0.2) is 0 Å². The molecule has 16 heavy (non-hydrogen) atoms. The van der Waals surface area contributed by atoms with Crippen LogP contribution in [0.3, 0.4) is 0 Å². The predicted octanol–water partition coefficient (Wildman–Crippen LogP) is 2.43. The van der Waals surface area contributed by atoms with Crippen molar-refractivity contribution in [3.05, 3.63) is 24.1 Å². The number of nitrogens with one attached hydrogen (secondary N) is 1. The van der Waals surface area contributed by atoms with Gasteiger partial charge in [-0.3, -0.25) is 0 Å². The highest BCUT2D eigenvalue weighted by Gasteiger charge is 2.11. The summed E-state index contributed by atoms with van der Waals surface area (Å²) in [6.45, 7) is 4.22. The van der Waals surface area contributed by atoms with E-state index in [9.17, 15) is 4.39 Å². The fraction of sp³-hybridized carbons (Fsp3) is 0.583. The lowest BCUT2D eigenvalue weighted by Gasteiger charge is -2.20. The second-order valence-electron chi connectivity index (χ2n) is 4.12. The van der Waals surface area contributed by atoms with Crippen LogP contribution in [-0.2, 0) is 0 Å². The number of aliphatic hydroxyl groups is 1. The van der Waals surface area contributed by atoms with E-state index in [-0.39, 0.29) is 18.6 Å². The monoisotopic (exact) mass is 226 g/mol. The quantitative estimate of drug-likeness (QED) is 0.732. The third-order valence-corrected chi connectivity index (χ3v) is 2.56. The Balaban J connectivity index is 2.56. The van der Waals surface area contributed by atoms with Crippen LogP contribution >= 0.6 is 0 Å². The zero-order chi connectivity index (χ0) is 12.0.